The van der Waals surface area contributed by atoms with Crippen LogP contribution in [0.5, 0.6) is 11.5 Å². The van der Waals surface area contributed by atoms with Gasteiger partial charge in [-0.05, 0) is 30.7 Å². The predicted octanol–water partition coefficient (Wildman–Crippen LogP) is 3.40. The van der Waals surface area contributed by atoms with Gasteiger partial charge in [-0.15, -0.1) is 0 Å². The normalized spacial score (nSPS) is 11.6. The summed E-state index contributed by atoms with van der Waals surface area (Å²) in [5, 5.41) is 3.17. The highest BCUT2D eigenvalue weighted by molar-refractivity contribution is 5.91. The van der Waals surface area contributed by atoms with Gasteiger partial charge in [-0.3, -0.25) is 0 Å². The van der Waals surface area contributed by atoms with Gasteiger partial charge >= 0.3 is 12.1 Å². The molecular weight excluding hydrogens is 348 g/mol. The van der Waals surface area contributed by atoms with Crippen LogP contribution in [0.4, 0.5) is 4.79 Å². The van der Waals surface area contributed by atoms with Gasteiger partial charge in [-0.25, -0.2) is 9.59 Å². The van der Waals surface area contributed by atoms with Gasteiger partial charge in [0.05, 0.1) is 7.11 Å². The zero-order valence-corrected chi connectivity index (χ0v) is 15.0. The van der Waals surface area contributed by atoms with Crippen LogP contribution in [0.1, 0.15) is 12.5 Å². The Kier molecular flexibility index (Phi) is 5.61. The molecule has 1 heterocycles. The minimum Gasteiger partial charge on any atom is -0.497 e. The molecule has 3 aromatic rings. The number of amides is 1. The second-order valence-electron chi connectivity index (χ2n) is 5.91. The standard InChI is InChI=1S/C20H20N2O5/c1-13(22-20(24)26-12-14-6-4-3-5-7-14)19(23)27-18-11-21-17-9-8-15(25-2)10-16(17)18/h3-11,13,21H,12H2,1-2H3,(H,22,24)/t13-/m0/s1. The number of esters is 1. The minimum atomic E-state index is -0.871. The smallest absolute Gasteiger partial charge is 0.408 e. The highest BCUT2D eigenvalue weighted by atomic mass is 16.6. The molecule has 0 saturated heterocycles. The van der Waals surface area contributed by atoms with Gasteiger partial charge in [0.15, 0.2) is 5.75 Å². The van der Waals surface area contributed by atoms with E-state index in [4.69, 9.17) is 14.2 Å². The number of rotatable bonds is 6. The monoisotopic (exact) mass is 368 g/mol. The molecule has 0 aliphatic heterocycles. The Labute approximate surface area is 156 Å². The maximum atomic E-state index is 12.3. The van der Waals surface area contributed by atoms with Crippen molar-refractivity contribution in [2.75, 3.05) is 7.11 Å². The molecular formula is C20H20N2O5. The number of hydrogen-bond acceptors (Lipinski definition) is 5. The van der Waals surface area contributed by atoms with Crippen LogP contribution in [0.3, 0.4) is 0 Å². The Morgan fingerprint density at radius 2 is 1.93 bits per heavy atom. The zero-order valence-electron chi connectivity index (χ0n) is 15.0. The summed E-state index contributed by atoms with van der Waals surface area (Å²) in [4.78, 5) is 27.2. The van der Waals surface area contributed by atoms with Gasteiger partial charge in [-0.1, -0.05) is 30.3 Å². The van der Waals surface area contributed by atoms with Crippen LogP contribution in [0, 0.1) is 0 Å². The van der Waals surface area contributed by atoms with E-state index in [-0.39, 0.29) is 6.61 Å². The van der Waals surface area contributed by atoms with Gasteiger partial charge in [0, 0.05) is 17.1 Å². The maximum absolute atomic E-state index is 12.3. The Bertz CT molecular complexity index is 936. The van der Waals surface area contributed by atoms with Crippen molar-refractivity contribution >= 4 is 23.0 Å². The summed E-state index contributed by atoms with van der Waals surface area (Å²) in [6.45, 7) is 1.65. The summed E-state index contributed by atoms with van der Waals surface area (Å²) in [7, 11) is 1.56. The van der Waals surface area contributed by atoms with Crippen LogP contribution in [-0.2, 0) is 16.1 Å². The lowest BCUT2D eigenvalue weighted by molar-refractivity contribution is -0.136. The molecule has 1 aromatic heterocycles. The topological polar surface area (TPSA) is 89.7 Å². The molecule has 2 aromatic carbocycles. The molecule has 0 fully saturated rings. The lowest BCUT2D eigenvalue weighted by atomic mass is 10.2. The van der Waals surface area contributed by atoms with Crippen LogP contribution < -0.4 is 14.8 Å². The molecule has 7 heteroatoms. The van der Waals surface area contributed by atoms with Crippen LogP contribution in [0.15, 0.2) is 54.7 Å². The van der Waals surface area contributed by atoms with Crippen LogP contribution in [0.2, 0.25) is 0 Å². The van der Waals surface area contributed by atoms with Crippen molar-refractivity contribution in [2.24, 2.45) is 0 Å². The van der Waals surface area contributed by atoms with Crippen LogP contribution >= 0.6 is 0 Å². The third-order valence-electron chi connectivity index (χ3n) is 3.96. The summed E-state index contributed by atoms with van der Waals surface area (Å²) in [5.74, 6) is 0.408. The van der Waals surface area contributed by atoms with E-state index in [1.807, 2.05) is 36.4 Å². The van der Waals surface area contributed by atoms with E-state index >= 15 is 0 Å². The molecule has 140 valence electrons. The van der Waals surface area contributed by atoms with E-state index in [2.05, 4.69) is 10.3 Å². The van der Waals surface area contributed by atoms with E-state index in [1.54, 1.807) is 25.4 Å². The number of aromatic amines is 1. The van der Waals surface area contributed by atoms with E-state index < -0.39 is 18.1 Å². The highest BCUT2D eigenvalue weighted by Crippen LogP contribution is 2.29. The first-order valence-electron chi connectivity index (χ1n) is 8.41. The number of nitrogens with one attached hydrogen (secondary N) is 2. The number of fused-ring (bicyclic) bond motifs is 1. The molecule has 2 N–H and O–H groups in total. The number of alkyl carbamates (subject to hydrolysis) is 1. The maximum Gasteiger partial charge on any atom is 0.408 e. The van der Waals surface area contributed by atoms with Crippen LogP contribution in [0.25, 0.3) is 10.9 Å². The quantitative estimate of drug-likeness (QED) is 0.651. The van der Waals surface area contributed by atoms with Crippen molar-refractivity contribution < 1.29 is 23.8 Å². The molecule has 1 atom stereocenters. The SMILES string of the molecule is COc1ccc2[nH]cc(OC(=O)[C@H](C)NC(=O)OCc3ccccc3)c2c1. The van der Waals surface area contributed by atoms with E-state index in [1.165, 1.54) is 6.92 Å². The molecule has 0 saturated carbocycles. The molecule has 0 radical (unpaired) electrons. The average molecular weight is 368 g/mol. The van der Waals surface area contributed by atoms with Crippen molar-refractivity contribution in [2.45, 2.75) is 19.6 Å². The van der Waals surface area contributed by atoms with Crippen molar-refractivity contribution in [3.63, 3.8) is 0 Å². The molecule has 0 aliphatic rings. The summed E-state index contributed by atoms with van der Waals surface area (Å²) in [5.41, 5.74) is 1.66. The molecule has 7 nitrogen and oxygen atoms in total. The third kappa shape index (κ3) is 4.58. The van der Waals surface area contributed by atoms with Crippen molar-refractivity contribution in [3.05, 3.63) is 60.3 Å². The molecule has 0 unspecified atom stereocenters. The van der Waals surface area contributed by atoms with E-state index in [0.29, 0.717) is 16.9 Å². The first-order chi connectivity index (χ1) is 13.1. The summed E-state index contributed by atoms with van der Waals surface area (Å²) in [6.07, 6.45) is 0.895. The fraction of sp³-hybridized carbons (Fsp3) is 0.200. The third-order valence-corrected chi connectivity index (χ3v) is 3.96. The summed E-state index contributed by atoms with van der Waals surface area (Å²) in [6, 6.07) is 13.8. The Balaban J connectivity index is 1.56. The van der Waals surface area contributed by atoms with Crippen molar-refractivity contribution in [1.82, 2.24) is 10.3 Å². The number of H-pyrrole nitrogens is 1. The predicted molar refractivity (Wildman–Crippen MR) is 99.7 cm³/mol. The first-order valence-corrected chi connectivity index (χ1v) is 8.41. The number of hydrogen-bond donors (Lipinski definition) is 2. The number of methoxy groups -OCH3 is 1. The highest BCUT2D eigenvalue weighted by Gasteiger charge is 2.20. The van der Waals surface area contributed by atoms with E-state index in [0.717, 1.165) is 11.1 Å². The van der Waals surface area contributed by atoms with Crippen molar-refractivity contribution in [1.29, 1.82) is 0 Å². The molecule has 0 aliphatic carbocycles. The van der Waals surface area contributed by atoms with Gasteiger partial charge < -0.3 is 24.5 Å². The molecule has 3 rings (SSSR count). The lowest BCUT2D eigenvalue weighted by Gasteiger charge is -2.13. The molecule has 0 bridgehead atoms. The molecule has 0 spiro atoms. The first kappa shape index (κ1) is 18.3. The van der Waals surface area contributed by atoms with Gasteiger partial charge in [0.2, 0.25) is 0 Å². The minimum absolute atomic E-state index is 0.122. The summed E-state index contributed by atoms with van der Waals surface area (Å²) < 4.78 is 15.7. The number of carbonyl (C=O) groups excluding carboxylic acids is 2. The Morgan fingerprint density at radius 3 is 2.67 bits per heavy atom. The number of benzene rings is 2. The van der Waals surface area contributed by atoms with Crippen molar-refractivity contribution in [3.8, 4) is 11.5 Å². The van der Waals surface area contributed by atoms with E-state index in [9.17, 15) is 9.59 Å². The molecule has 1 amide bonds. The fourth-order valence-corrected chi connectivity index (χ4v) is 2.48. The van der Waals surface area contributed by atoms with Gasteiger partial charge in [0.25, 0.3) is 0 Å². The number of ether oxygens (including phenoxy) is 3. The largest absolute Gasteiger partial charge is 0.497 e. The Morgan fingerprint density at radius 1 is 1.15 bits per heavy atom. The van der Waals surface area contributed by atoms with Gasteiger partial charge in [-0.2, -0.15) is 0 Å². The Hall–Kier alpha value is -3.48. The second kappa shape index (κ2) is 8.27. The lowest BCUT2D eigenvalue weighted by Crippen LogP contribution is -2.41. The number of carbonyl (C=O) groups is 2. The average Bonchev–Trinajstić information content (AvgIpc) is 3.09. The molecule has 27 heavy (non-hydrogen) atoms. The zero-order chi connectivity index (χ0) is 19.2. The van der Waals surface area contributed by atoms with Gasteiger partial charge in [0.1, 0.15) is 18.4 Å². The number of aromatic nitrogens is 1. The van der Waals surface area contributed by atoms with Crippen LogP contribution in [-0.4, -0.2) is 30.2 Å². The summed E-state index contributed by atoms with van der Waals surface area (Å²) >= 11 is 0. The second-order valence-corrected chi connectivity index (χ2v) is 5.91. The fourth-order valence-electron chi connectivity index (χ4n) is 2.48.